The van der Waals surface area contributed by atoms with Crippen LogP contribution in [0.25, 0.3) is 0 Å². The van der Waals surface area contributed by atoms with Crippen LogP contribution in [0.2, 0.25) is 0 Å². The summed E-state index contributed by atoms with van der Waals surface area (Å²) in [5, 5.41) is 12.8. The summed E-state index contributed by atoms with van der Waals surface area (Å²) in [6.45, 7) is 3.75. The summed E-state index contributed by atoms with van der Waals surface area (Å²) in [6.07, 6.45) is 1.63. The van der Waals surface area contributed by atoms with Crippen LogP contribution in [0.5, 0.6) is 0 Å². The lowest BCUT2D eigenvalue weighted by Crippen LogP contribution is -2.32. The molecule has 0 spiro atoms. The molecule has 0 saturated carbocycles. The minimum absolute atomic E-state index is 0.147. The highest BCUT2D eigenvalue weighted by Gasteiger charge is 2.31. The third-order valence-electron chi connectivity index (χ3n) is 2.92. The summed E-state index contributed by atoms with van der Waals surface area (Å²) in [6, 6.07) is 7.54. The van der Waals surface area contributed by atoms with E-state index in [2.05, 4.69) is 5.32 Å². The number of hydrogen-bond acceptors (Lipinski definition) is 2. The van der Waals surface area contributed by atoms with Gasteiger partial charge in [-0.25, -0.2) is 0 Å². The Morgan fingerprint density at radius 2 is 2.12 bits per heavy atom. The van der Waals surface area contributed by atoms with Gasteiger partial charge in [-0.15, -0.1) is 0 Å². The molecule has 1 aliphatic rings. The molecule has 0 heterocycles. The van der Waals surface area contributed by atoms with E-state index in [1.165, 1.54) is 0 Å². The van der Waals surface area contributed by atoms with Gasteiger partial charge in [0.05, 0.1) is 12.1 Å². The predicted octanol–water partition coefficient (Wildman–Crippen LogP) is 1.73. The maximum atomic E-state index is 11.7. The van der Waals surface area contributed by atoms with Gasteiger partial charge in [-0.05, 0) is 25.0 Å². The first kappa shape index (κ1) is 11.9. The van der Waals surface area contributed by atoms with Gasteiger partial charge >= 0.3 is 0 Å². The summed E-state index contributed by atoms with van der Waals surface area (Å²) < 4.78 is 0. The van der Waals surface area contributed by atoms with Crippen LogP contribution in [-0.4, -0.2) is 17.1 Å². The van der Waals surface area contributed by atoms with Crippen molar-refractivity contribution >= 4 is 5.91 Å². The van der Waals surface area contributed by atoms with E-state index in [1.807, 2.05) is 38.1 Å². The Kier molecular flexibility index (Phi) is 3.29. The van der Waals surface area contributed by atoms with Crippen molar-refractivity contribution in [2.45, 2.75) is 32.4 Å². The number of benzene rings is 1. The van der Waals surface area contributed by atoms with Gasteiger partial charge in [0.2, 0.25) is 5.91 Å². The average Bonchev–Trinajstić information content (AvgIpc) is 2.55. The van der Waals surface area contributed by atoms with Gasteiger partial charge in [0.15, 0.2) is 0 Å². The highest BCUT2D eigenvalue weighted by atomic mass is 16.3. The van der Waals surface area contributed by atoms with E-state index in [0.717, 1.165) is 16.7 Å². The van der Waals surface area contributed by atoms with Crippen LogP contribution in [0.1, 0.15) is 31.0 Å². The van der Waals surface area contributed by atoms with Crippen molar-refractivity contribution in [1.29, 1.82) is 0 Å². The lowest BCUT2D eigenvalue weighted by molar-refractivity contribution is -0.118. The van der Waals surface area contributed by atoms with Crippen LogP contribution >= 0.6 is 0 Å². The number of nitrogens with one attached hydrogen (secondary N) is 1. The van der Waals surface area contributed by atoms with Gasteiger partial charge in [0.25, 0.3) is 0 Å². The molecule has 3 nitrogen and oxygen atoms in total. The van der Waals surface area contributed by atoms with Crippen molar-refractivity contribution < 1.29 is 9.90 Å². The van der Waals surface area contributed by atoms with Crippen molar-refractivity contribution in [3.63, 3.8) is 0 Å². The number of carbonyl (C=O) groups is 1. The number of rotatable bonds is 2. The molecule has 2 atom stereocenters. The first-order chi connectivity index (χ1) is 8.08. The maximum absolute atomic E-state index is 11.7. The van der Waals surface area contributed by atoms with Gasteiger partial charge in [-0.2, -0.15) is 0 Å². The SMILES string of the molecule is CC(C)=CC(=O)NC1c2ccccc2CC1O. The number of amides is 1. The highest BCUT2D eigenvalue weighted by Crippen LogP contribution is 2.31. The van der Waals surface area contributed by atoms with Crippen LogP contribution in [0.4, 0.5) is 0 Å². The van der Waals surface area contributed by atoms with Crippen LogP contribution in [-0.2, 0) is 11.2 Å². The lowest BCUT2D eigenvalue weighted by Gasteiger charge is -2.16. The predicted molar refractivity (Wildman–Crippen MR) is 66.5 cm³/mol. The molecular weight excluding hydrogens is 214 g/mol. The summed E-state index contributed by atoms with van der Waals surface area (Å²) in [5.74, 6) is -0.147. The molecule has 90 valence electrons. The molecule has 0 radical (unpaired) electrons. The molecule has 2 rings (SSSR count). The number of hydrogen-bond donors (Lipinski definition) is 2. The average molecular weight is 231 g/mol. The molecule has 2 unspecified atom stereocenters. The molecule has 1 aromatic rings. The fourth-order valence-corrected chi connectivity index (χ4v) is 2.20. The zero-order valence-corrected chi connectivity index (χ0v) is 10.1. The number of carbonyl (C=O) groups excluding carboxylic acids is 1. The molecule has 0 aliphatic heterocycles. The van der Waals surface area contributed by atoms with E-state index in [9.17, 15) is 9.90 Å². The van der Waals surface area contributed by atoms with Crippen molar-refractivity contribution in [3.8, 4) is 0 Å². The smallest absolute Gasteiger partial charge is 0.244 e. The normalized spacial score (nSPS) is 21.8. The number of aliphatic hydroxyl groups excluding tert-OH is 1. The monoisotopic (exact) mass is 231 g/mol. The summed E-state index contributed by atoms with van der Waals surface area (Å²) in [5.41, 5.74) is 3.08. The van der Waals surface area contributed by atoms with Gasteiger partial charge in [0.1, 0.15) is 0 Å². The highest BCUT2D eigenvalue weighted by molar-refractivity contribution is 5.88. The van der Waals surface area contributed by atoms with Gasteiger partial charge < -0.3 is 10.4 Å². The van der Waals surface area contributed by atoms with Crippen molar-refractivity contribution in [1.82, 2.24) is 5.32 Å². The van der Waals surface area contributed by atoms with Crippen molar-refractivity contribution in [2.75, 3.05) is 0 Å². The lowest BCUT2D eigenvalue weighted by atomic mass is 10.1. The molecule has 2 N–H and O–H groups in total. The number of aliphatic hydroxyl groups is 1. The number of fused-ring (bicyclic) bond motifs is 1. The van der Waals surface area contributed by atoms with Crippen molar-refractivity contribution in [2.24, 2.45) is 0 Å². The zero-order chi connectivity index (χ0) is 12.4. The molecule has 0 bridgehead atoms. The second kappa shape index (κ2) is 4.72. The molecule has 1 amide bonds. The first-order valence-electron chi connectivity index (χ1n) is 5.79. The van der Waals surface area contributed by atoms with Crippen LogP contribution in [0, 0.1) is 0 Å². The van der Waals surface area contributed by atoms with E-state index in [0.29, 0.717) is 6.42 Å². The van der Waals surface area contributed by atoms with E-state index < -0.39 is 6.10 Å². The second-order valence-corrected chi connectivity index (χ2v) is 4.68. The maximum Gasteiger partial charge on any atom is 0.244 e. The Hall–Kier alpha value is -1.61. The summed E-state index contributed by atoms with van der Waals surface area (Å²) in [4.78, 5) is 11.7. The molecule has 1 aromatic carbocycles. The largest absolute Gasteiger partial charge is 0.390 e. The van der Waals surface area contributed by atoms with E-state index >= 15 is 0 Å². The summed E-state index contributed by atoms with van der Waals surface area (Å²) >= 11 is 0. The molecule has 17 heavy (non-hydrogen) atoms. The fraction of sp³-hybridized carbons (Fsp3) is 0.357. The second-order valence-electron chi connectivity index (χ2n) is 4.68. The first-order valence-corrected chi connectivity index (χ1v) is 5.79. The van der Waals surface area contributed by atoms with Crippen molar-refractivity contribution in [3.05, 3.63) is 47.0 Å². The summed E-state index contributed by atoms with van der Waals surface area (Å²) in [7, 11) is 0. The standard InChI is InChI=1S/C14H17NO2/c1-9(2)7-13(17)15-14-11-6-4-3-5-10(11)8-12(14)16/h3-7,12,14,16H,8H2,1-2H3,(H,15,17). The Morgan fingerprint density at radius 3 is 2.82 bits per heavy atom. The Balaban J connectivity index is 2.17. The quantitative estimate of drug-likeness (QED) is 0.761. The van der Waals surface area contributed by atoms with E-state index in [4.69, 9.17) is 0 Å². The molecule has 0 fully saturated rings. The molecule has 1 aliphatic carbocycles. The molecular formula is C14H17NO2. The minimum atomic E-state index is -0.526. The van der Waals surface area contributed by atoms with Crippen LogP contribution in [0.15, 0.2) is 35.9 Å². The molecule has 0 saturated heterocycles. The van der Waals surface area contributed by atoms with Gasteiger partial charge in [-0.1, -0.05) is 29.8 Å². The fourth-order valence-electron chi connectivity index (χ4n) is 2.20. The number of allylic oxidation sites excluding steroid dienone is 1. The van der Waals surface area contributed by atoms with Crippen LogP contribution < -0.4 is 5.32 Å². The molecule has 3 heteroatoms. The molecule has 0 aromatic heterocycles. The third-order valence-corrected chi connectivity index (χ3v) is 2.92. The Morgan fingerprint density at radius 1 is 1.41 bits per heavy atom. The zero-order valence-electron chi connectivity index (χ0n) is 10.1. The van der Waals surface area contributed by atoms with Gasteiger partial charge in [0, 0.05) is 12.5 Å². The van der Waals surface area contributed by atoms with Gasteiger partial charge in [-0.3, -0.25) is 4.79 Å². The topological polar surface area (TPSA) is 49.3 Å². The third kappa shape index (κ3) is 2.56. The Labute approximate surface area is 101 Å². The van der Waals surface area contributed by atoms with E-state index in [-0.39, 0.29) is 11.9 Å². The Bertz CT molecular complexity index is 461. The minimum Gasteiger partial charge on any atom is -0.390 e. The van der Waals surface area contributed by atoms with Crippen LogP contribution in [0.3, 0.4) is 0 Å². The van der Waals surface area contributed by atoms with E-state index in [1.54, 1.807) is 6.08 Å².